The summed E-state index contributed by atoms with van der Waals surface area (Å²) < 4.78 is 42.1. The van der Waals surface area contributed by atoms with Gasteiger partial charge in [0.1, 0.15) is 5.82 Å². The first-order valence-corrected chi connectivity index (χ1v) is 9.41. The molecule has 1 fully saturated rings. The molecule has 0 radical (unpaired) electrons. The molecular weight excluding hydrogens is 393 g/mol. The van der Waals surface area contributed by atoms with E-state index in [0.29, 0.717) is 36.5 Å². The van der Waals surface area contributed by atoms with Gasteiger partial charge in [0, 0.05) is 25.8 Å². The van der Waals surface area contributed by atoms with Crippen molar-refractivity contribution < 1.29 is 18.0 Å². The number of hydrogen-bond donors (Lipinski definition) is 2. The number of rotatable bonds is 5. The molecule has 2 N–H and O–H groups in total. The van der Waals surface area contributed by atoms with Crippen molar-refractivity contribution in [3.05, 3.63) is 34.5 Å². The molecule has 3 rings (SSSR count). The number of H-pyrrole nitrogens is 1. The van der Waals surface area contributed by atoms with Gasteiger partial charge in [0.2, 0.25) is 5.91 Å². The summed E-state index contributed by atoms with van der Waals surface area (Å²) in [6, 6.07) is 2.28. The number of nitrogens with zero attached hydrogens (tertiary/aromatic N) is 4. The van der Waals surface area contributed by atoms with Crippen molar-refractivity contribution in [2.24, 2.45) is 5.92 Å². The quantitative estimate of drug-likeness (QED) is 0.736. The Morgan fingerprint density at radius 1 is 1.46 bits per heavy atom. The SMILES string of the molecule is CCn1c(CNC(=O)C2CCCN(c3ncccc3C(F)(F)F)C2)n[nH]c1=S. The Balaban J connectivity index is 1.68. The molecule has 7 nitrogen and oxygen atoms in total. The van der Waals surface area contributed by atoms with E-state index in [9.17, 15) is 18.0 Å². The summed E-state index contributed by atoms with van der Waals surface area (Å²) in [5.74, 6) is -0.156. The second-order valence-corrected chi connectivity index (χ2v) is 6.95. The average Bonchev–Trinajstić information content (AvgIpc) is 3.05. The molecule has 0 aliphatic carbocycles. The maximum Gasteiger partial charge on any atom is 0.419 e. The van der Waals surface area contributed by atoms with Crippen molar-refractivity contribution in [3.8, 4) is 0 Å². The predicted molar refractivity (Wildman–Crippen MR) is 99.1 cm³/mol. The van der Waals surface area contributed by atoms with E-state index in [2.05, 4.69) is 20.5 Å². The first-order valence-electron chi connectivity index (χ1n) is 9.00. The molecule has 1 aliphatic heterocycles. The van der Waals surface area contributed by atoms with E-state index in [4.69, 9.17) is 12.2 Å². The van der Waals surface area contributed by atoms with Crippen LogP contribution in [0.3, 0.4) is 0 Å². The fraction of sp³-hybridized carbons (Fsp3) is 0.529. The van der Waals surface area contributed by atoms with Gasteiger partial charge in [0.25, 0.3) is 0 Å². The monoisotopic (exact) mass is 414 g/mol. The normalized spacial score (nSPS) is 17.6. The fourth-order valence-corrected chi connectivity index (χ4v) is 3.66. The van der Waals surface area contributed by atoms with E-state index in [1.165, 1.54) is 12.3 Å². The van der Waals surface area contributed by atoms with E-state index < -0.39 is 17.7 Å². The van der Waals surface area contributed by atoms with Gasteiger partial charge in [0.05, 0.1) is 18.0 Å². The summed E-state index contributed by atoms with van der Waals surface area (Å²) in [4.78, 5) is 18.1. The van der Waals surface area contributed by atoms with Crippen LogP contribution in [0.2, 0.25) is 0 Å². The van der Waals surface area contributed by atoms with Gasteiger partial charge in [-0.2, -0.15) is 18.3 Å². The van der Waals surface area contributed by atoms with Crippen LogP contribution < -0.4 is 10.2 Å². The van der Waals surface area contributed by atoms with Crippen LogP contribution >= 0.6 is 12.2 Å². The summed E-state index contributed by atoms with van der Waals surface area (Å²) in [6.45, 7) is 3.36. The predicted octanol–water partition coefficient (Wildman–Crippen LogP) is 2.91. The average molecular weight is 414 g/mol. The Morgan fingerprint density at radius 3 is 2.96 bits per heavy atom. The van der Waals surface area contributed by atoms with Crippen molar-refractivity contribution in [1.82, 2.24) is 25.1 Å². The number of carbonyl (C=O) groups excluding carboxylic acids is 1. The molecule has 1 saturated heterocycles. The Morgan fingerprint density at radius 2 is 2.25 bits per heavy atom. The largest absolute Gasteiger partial charge is 0.419 e. The number of aromatic nitrogens is 4. The zero-order chi connectivity index (χ0) is 20.3. The second kappa shape index (κ2) is 8.29. The number of hydrogen-bond acceptors (Lipinski definition) is 5. The highest BCUT2D eigenvalue weighted by molar-refractivity contribution is 7.71. The van der Waals surface area contributed by atoms with Crippen LogP contribution in [0.1, 0.15) is 31.2 Å². The number of aromatic amines is 1. The zero-order valence-electron chi connectivity index (χ0n) is 15.3. The highest BCUT2D eigenvalue weighted by Crippen LogP contribution is 2.36. The number of nitrogens with one attached hydrogen (secondary N) is 2. The molecule has 152 valence electrons. The minimum atomic E-state index is -4.49. The lowest BCUT2D eigenvalue weighted by Crippen LogP contribution is -2.44. The molecule has 0 saturated carbocycles. The number of piperidine rings is 1. The summed E-state index contributed by atoms with van der Waals surface area (Å²) >= 11 is 5.12. The number of pyridine rings is 1. The number of halogens is 3. The van der Waals surface area contributed by atoms with E-state index in [1.807, 2.05) is 6.92 Å². The molecule has 1 aliphatic rings. The number of carbonyl (C=O) groups is 1. The van der Waals surface area contributed by atoms with E-state index in [1.54, 1.807) is 9.47 Å². The smallest absolute Gasteiger partial charge is 0.355 e. The molecule has 0 aromatic carbocycles. The molecule has 0 spiro atoms. The van der Waals surface area contributed by atoms with E-state index in [-0.39, 0.29) is 24.8 Å². The van der Waals surface area contributed by atoms with Crippen molar-refractivity contribution in [2.75, 3.05) is 18.0 Å². The number of alkyl halides is 3. The minimum Gasteiger partial charge on any atom is -0.355 e. The van der Waals surface area contributed by atoms with Crippen molar-refractivity contribution in [3.63, 3.8) is 0 Å². The number of anilines is 1. The maximum absolute atomic E-state index is 13.3. The molecule has 2 aromatic rings. The van der Waals surface area contributed by atoms with Gasteiger partial charge in [-0.15, -0.1) is 0 Å². The third-order valence-corrected chi connectivity index (χ3v) is 5.07. The second-order valence-electron chi connectivity index (χ2n) is 6.56. The Hall–Kier alpha value is -2.43. The highest BCUT2D eigenvalue weighted by Gasteiger charge is 2.37. The van der Waals surface area contributed by atoms with Gasteiger partial charge in [-0.1, -0.05) is 0 Å². The lowest BCUT2D eigenvalue weighted by atomic mass is 9.96. The summed E-state index contributed by atoms with van der Waals surface area (Å²) in [7, 11) is 0. The Labute approximate surface area is 165 Å². The molecule has 1 amide bonds. The minimum absolute atomic E-state index is 0.126. The topological polar surface area (TPSA) is 78.8 Å². The first-order chi connectivity index (χ1) is 13.3. The van der Waals surface area contributed by atoms with Crippen LogP contribution in [0.5, 0.6) is 0 Å². The van der Waals surface area contributed by atoms with Gasteiger partial charge in [0.15, 0.2) is 10.6 Å². The summed E-state index contributed by atoms with van der Waals surface area (Å²) in [5, 5.41) is 9.59. The zero-order valence-corrected chi connectivity index (χ0v) is 16.1. The fourth-order valence-electron chi connectivity index (χ4n) is 3.38. The lowest BCUT2D eigenvalue weighted by molar-refractivity contribution is -0.137. The molecule has 0 bridgehead atoms. The van der Waals surface area contributed by atoms with Crippen molar-refractivity contribution in [1.29, 1.82) is 0 Å². The van der Waals surface area contributed by atoms with Gasteiger partial charge in [-0.3, -0.25) is 9.89 Å². The van der Waals surface area contributed by atoms with Crippen LogP contribution in [-0.2, 0) is 24.1 Å². The van der Waals surface area contributed by atoms with E-state index in [0.717, 1.165) is 6.07 Å². The molecule has 1 atom stereocenters. The molecule has 3 heterocycles. The highest BCUT2D eigenvalue weighted by atomic mass is 32.1. The van der Waals surface area contributed by atoms with Crippen LogP contribution in [-0.4, -0.2) is 38.7 Å². The third-order valence-electron chi connectivity index (χ3n) is 4.76. The van der Waals surface area contributed by atoms with Crippen LogP contribution in [0, 0.1) is 10.7 Å². The Bertz CT molecular complexity index is 894. The van der Waals surface area contributed by atoms with Crippen LogP contribution in [0.15, 0.2) is 18.3 Å². The van der Waals surface area contributed by atoms with Crippen LogP contribution in [0.4, 0.5) is 19.0 Å². The lowest BCUT2D eigenvalue weighted by Gasteiger charge is -2.34. The molecular formula is C17H21F3N6OS. The number of amides is 1. The molecule has 2 aromatic heterocycles. The molecule has 11 heteroatoms. The standard InChI is InChI=1S/C17H21F3N6OS/c1-2-26-13(23-24-16(26)28)9-22-15(27)11-5-4-8-25(10-11)14-12(17(18,19)20)6-3-7-21-14/h3,6-7,11H,2,4-5,8-10H2,1H3,(H,22,27)(H,24,28). The van der Waals surface area contributed by atoms with Gasteiger partial charge >= 0.3 is 6.18 Å². The van der Waals surface area contributed by atoms with E-state index >= 15 is 0 Å². The first kappa shape index (κ1) is 20.3. The third kappa shape index (κ3) is 4.34. The molecule has 28 heavy (non-hydrogen) atoms. The van der Waals surface area contributed by atoms with Crippen LogP contribution in [0.25, 0.3) is 0 Å². The van der Waals surface area contributed by atoms with Crippen molar-refractivity contribution in [2.45, 2.75) is 39.0 Å². The summed E-state index contributed by atoms with van der Waals surface area (Å²) in [5.41, 5.74) is -0.783. The van der Waals surface area contributed by atoms with Crippen molar-refractivity contribution >= 4 is 23.9 Å². The van der Waals surface area contributed by atoms with Gasteiger partial charge < -0.3 is 14.8 Å². The maximum atomic E-state index is 13.3. The molecule has 1 unspecified atom stereocenters. The summed E-state index contributed by atoms with van der Waals surface area (Å²) in [6.07, 6.45) is -1.94. The van der Waals surface area contributed by atoms with Gasteiger partial charge in [-0.05, 0) is 44.1 Å². The Kier molecular flexibility index (Phi) is 6.01. The van der Waals surface area contributed by atoms with Gasteiger partial charge in [-0.25, -0.2) is 4.98 Å².